The summed E-state index contributed by atoms with van der Waals surface area (Å²) in [5, 5.41) is 3.31. The van der Waals surface area contributed by atoms with Gasteiger partial charge in [0.05, 0.1) is 6.04 Å². The SMILES string of the molecule is CC(C)CC1NCCN(CC(C)C)C1=O. The Morgan fingerprint density at radius 1 is 1.33 bits per heavy atom. The fraction of sp³-hybridized carbons (Fsp3) is 0.917. The van der Waals surface area contributed by atoms with Gasteiger partial charge in [-0.3, -0.25) is 4.79 Å². The highest BCUT2D eigenvalue weighted by Gasteiger charge is 2.28. The molecule has 0 spiro atoms. The Labute approximate surface area is 93.2 Å². The molecule has 1 N–H and O–H groups in total. The van der Waals surface area contributed by atoms with Gasteiger partial charge in [-0.15, -0.1) is 0 Å². The van der Waals surface area contributed by atoms with Gasteiger partial charge in [-0.05, 0) is 18.3 Å². The normalized spacial score (nSPS) is 22.9. The number of nitrogens with one attached hydrogen (secondary N) is 1. The molecule has 1 rings (SSSR count). The zero-order chi connectivity index (χ0) is 11.4. The standard InChI is InChI=1S/C12H24N2O/c1-9(2)7-11-12(15)14(6-5-13-11)8-10(3)4/h9-11,13H,5-8H2,1-4H3. The average Bonchev–Trinajstić information content (AvgIpc) is 2.10. The average molecular weight is 212 g/mol. The van der Waals surface area contributed by atoms with Crippen molar-refractivity contribution in [2.75, 3.05) is 19.6 Å². The Balaban J connectivity index is 2.51. The molecule has 1 amide bonds. The maximum Gasteiger partial charge on any atom is 0.239 e. The number of piperazine rings is 1. The lowest BCUT2D eigenvalue weighted by Gasteiger charge is -2.34. The summed E-state index contributed by atoms with van der Waals surface area (Å²) in [6.07, 6.45) is 0.952. The second-order valence-electron chi connectivity index (χ2n) is 5.31. The van der Waals surface area contributed by atoms with Gasteiger partial charge < -0.3 is 10.2 Å². The van der Waals surface area contributed by atoms with Crippen LogP contribution in [0.4, 0.5) is 0 Å². The molecule has 0 aromatic rings. The summed E-state index contributed by atoms with van der Waals surface area (Å²) in [4.78, 5) is 14.1. The minimum absolute atomic E-state index is 0.0532. The first-order valence-corrected chi connectivity index (χ1v) is 6.03. The zero-order valence-corrected chi connectivity index (χ0v) is 10.4. The monoisotopic (exact) mass is 212 g/mol. The van der Waals surface area contributed by atoms with Crippen molar-refractivity contribution in [3.05, 3.63) is 0 Å². The zero-order valence-electron chi connectivity index (χ0n) is 10.4. The number of hydrogen-bond acceptors (Lipinski definition) is 2. The second kappa shape index (κ2) is 5.50. The summed E-state index contributed by atoms with van der Waals surface area (Å²) < 4.78 is 0. The van der Waals surface area contributed by atoms with Crippen molar-refractivity contribution in [2.45, 2.75) is 40.2 Å². The minimum atomic E-state index is 0.0532. The van der Waals surface area contributed by atoms with Crippen LogP contribution in [0.5, 0.6) is 0 Å². The smallest absolute Gasteiger partial charge is 0.239 e. The number of hydrogen-bond donors (Lipinski definition) is 1. The number of nitrogens with zero attached hydrogens (tertiary/aromatic N) is 1. The van der Waals surface area contributed by atoms with E-state index in [9.17, 15) is 4.79 Å². The summed E-state index contributed by atoms with van der Waals surface area (Å²) in [6, 6.07) is 0.0532. The van der Waals surface area contributed by atoms with Crippen LogP contribution in [0.1, 0.15) is 34.1 Å². The largest absolute Gasteiger partial charge is 0.340 e. The third-order valence-electron chi connectivity index (χ3n) is 2.67. The van der Waals surface area contributed by atoms with Gasteiger partial charge in [0, 0.05) is 19.6 Å². The number of carbonyl (C=O) groups excluding carboxylic acids is 1. The number of rotatable bonds is 4. The molecule has 88 valence electrons. The third kappa shape index (κ3) is 3.82. The van der Waals surface area contributed by atoms with Crippen LogP contribution in [-0.2, 0) is 4.79 Å². The van der Waals surface area contributed by atoms with Crippen molar-refractivity contribution in [1.29, 1.82) is 0 Å². The molecule has 3 nitrogen and oxygen atoms in total. The van der Waals surface area contributed by atoms with Gasteiger partial charge in [0.2, 0.25) is 5.91 Å². The fourth-order valence-electron chi connectivity index (χ4n) is 2.07. The van der Waals surface area contributed by atoms with Crippen LogP contribution in [0.2, 0.25) is 0 Å². The maximum absolute atomic E-state index is 12.1. The topological polar surface area (TPSA) is 32.3 Å². The molecule has 1 aliphatic heterocycles. The van der Waals surface area contributed by atoms with Gasteiger partial charge in [0.15, 0.2) is 0 Å². The maximum atomic E-state index is 12.1. The fourth-order valence-corrected chi connectivity index (χ4v) is 2.07. The molecular formula is C12H24N2O. The summed E-state index contributed by atoms with van der Waals surface area (Å²) >= 11 is 0. The van der Waals surface area contributed by atoms with E-state index in [0.29, 0.717) is 17.7 Å². The Morgan fingerprint density at radius 3 is 2.53 bits per heavy atom. The van der Waals surface area contributed by atoms with E-state index in [4.69, 9.17) is 0 Å². The van der Waals surface area contributed by atoms with Crippen LogP contribution in [0.15, 0.2) is 0 Å². The van der Waals surface area contributed by atoms with Crippen molar-refractivity contribution in [2.24, 2.45) is 11.8 Å². The Kier molecular flexibility index (Phi) is 4.58. The predicted molar refractivity (Wildman–Crippen MR) is 62.7 cm³/mol. The van der Waals surface area contributed by atoms with Crippen LogP contribution in [-0.4, -0.2) is 36.5 Å². The van der Waals surface area contributed by atoms with E-state index in [1.54, 1.807) is 0 Å². The van der Waals surface area contributed by atoms with Gasteiger partial charge in [-0.25, -0.2) is 0 Å². The van der Waals surface area contributed by atoms with Crippen molar-refractivity contribution < 1.29 is 4.79 Å². The van der Waals surface area contributed by atoms with Crippen molar-refractivity contribution in [3.63, 3.8) is 0 Å². The summed E-state index contributed by atoms with van der Waals surface area (Å²) in [5.74, 6) is 1.43. The van der Waals surface area contributed by atoms with Crippen LogP contribution in [0, 0.1) is 11.8 Å². The van der Waals surface area contributed by atoms with Crippen LogP contribution < -0.4 is 5.32 Å². The molecule has 0 aromatic heterocycles. The molecule has 1 heterocycles. The minimum Gasteiger partial charge on any atom is -0.340 e. The van der Waals surface area contributed by atoms with Gasteiger partial charge in [-0.1, -0.05) is 27.7 Å². The van der Waals surface area contributed by atoms with E-state index in [2.05, 4.69) is 33.0 Å². The van der Waals surface area contributed by atoms with Crippen LogP contribution >= 0.6 is 0 Å². The first kappa shape index (κ1) is 12.5. The van der Waals surface area contributed by atoms with Crippen molar-refractivity contribution in [3.8, 4) is 0 Å². The summed E-state index contributed by atoms with van der Waals surface area (Å²) in [5.41, 5.74) is 0. The Morgan fingerprint density at radius 2 is 2.00 bits per heavy atom. The lowest BCUT2D eigenvalue weighted by molar-refractivity contribution is -0.136. The molecule has 0 radical (unpaired) electrons. The first-order valence-electron chi connectivity index (χ1n) is 6.03. The Bertz CT molecular complexity index is 194. The van der Waals surface area contributed by atoms with Crippen molar-refractivity contribution >= 4 is 5.91 Å². The highest BCUT2D eigenvalue weighted by molar-refractivity contribution is 5.82. The van der Waals surface area contributed by atoms with Gasteiger partial charge in [0.25, 0.3) is 0 Å². The quantitative estimate of drug-likeness (QED) is 0.765. The molecule has 15 heavy (non-hydrogen) atoms. The molecule has 1 atom stereocenters. The first-order chi connectivity index (χ1) is 7.00. The summed E-state index contributed by atoms with van der Waals surface area (Å²) in [7, 11) is 0. The predicted octanol–water partition coefficient (Wildman–Crippen LogP) is 1.49. The van der Waals surface area contributed by atoms with Crippen molar-refractivity contribution in [1.82, 2.24) is 10.2 Å². The lowest BCUT2D eigenvalue weighted by Crippen LogP contribution is -2.56. The van der Waals surface area contributed by atoms with Crippen LogP contribution in [0.25, 0.3) is 0 Å². The van der Waals surface area contributed by atoms with Crippen LogP contribution in [0.3, 0.4) is 0 Å². The lowest BCUT2D eigenvalue weighted by atomic mass is 10.0. The molecule has 1 aliphatic rings. The number of carbonyl (C=O) groups is 1. The Hall–Kier alpha value is -0.570. The van der Waals surface area contributed by atoms with E-state index >= 15 is 0 Å². The highest BCUT2D eigenvalue weighted by Crippen LogP contribution is 2.12. The van der Waals surface area contributed by atoms with Gasteiger partial charge in [0.1, 0.15) is 0 Å². The second-order valence-corrected chi connectivity index (χ2v) is 5.31. The van der Waals surface area contributed by atoms with E-state index in [0.717, 1.165) is 26.1 Å². The molecule has 1 unspecified atom stereocenters. The summed E-state index contributed by atoms with van der Waals surface area (Å²) in [6.45, 7) is 11.3. The third-order valence-corrected chi connectivity index (χ3v) is 2.67. The molecule has 0 bridgehead atoms. The van der Waals surface area contributed by atoms with E-state index in [1.807, 2.05) is 4.90 Å². The molecule has 1 fully saturated rings. The molecule has 0 aromatic carbocycles. The van der Waals surface area contributed by atoms with Gasteiger partial charge >= 0.3 is 0 Å². The molecule has 1 saturated heterocycles. The highest BCUT2D eigenvalue weighted by atomic mass is 16.2. The molecule has 0 saturated carbocycles. The number of amides is 1. The molecule has 3 heteroatoms. The molecule has 0 aliphatic carbocycles. The molecular weight excluding hydrogens is 188 g/mol. The van der Waals surface area contributed by atoms with E-state index in [1.165, 1.54) is 0 Å². The van der Waals surface area contributed by atoms with E-state index in [-0.39, 0.29) is 6.04 Å². The van der Waals surface area contributed by atoms with E-state index < -0.39 is 0 Å². The van der Waals surface area contributed by atoms with Gasteiger partial charge in [-0.2, -0.15) is 0 Å².